The number of hydrogen-bond donors (Lipinski definition) is 0. The first-order chi connectivity index (χ1) is 7.19. The molecule has 0 unspecified atom stereocenters. The van der Waals surface area contributed by atoms with Gasteiger partial charge in [0.2, 0.25) is 0 Å². The SMILES string of the molecule is COC(=O)c1ccccc1OC(=O)SC. The molecule has 1 rings (SSSR count). The molecule has 0 radical (unpaired) electrons. The zero-order valence-electron chi connectivity index (χ0n) is 8.35. The molecular formula is C10H10O4S. The molecule has 1 aromatic rings. The lowest BCUT2D eigenvalue weighted by Crippen LogP contribution is -2.07. The van der Waals surface area contributed by atoms with Crippen molar-refractivity contribution in [1.29, 1.82) is 0 Å². The highest BCUT2D eigenvalue weighted by Gasteiger charge is 2.14. The first-order valence-electron chi connectivity index (χ1n) is 4.12. The molecule has 15 heavy (non-hydrogen) atoms. The maximum Gasteiger partial charge on any atom is 0.372 e. The van der Waals surface area contributed by atoms with Crippen LogP contribution in [0.3, 0.4) is 0 Å². The highest BCUT2D eigenvalue weighted by Crippen LogP contribution is 2.20. The van der Waals surface area contributed by atoms with Gasteiger partial charge < -0.3 is 9.47 Å². The predicted molar refractivity (Wildman–Crippen MR) is 57.3 cm³/mol. The van der Waals surface area contributed by atoms with Crippen LogP contribution in [0.5, 0.6) is 5.75 Å². The van der Waals surface area contributed by atoms with Gasteiger partial charge in [0.15, 0.2) is 0 Å². The zero-order chi connectivity index (χ0) is 11.3. The van der Waals surface area contributed by atoms with Crippen molar-refractivity contribution in [3.63, 3.8) is 0 Å². The van der Waals surface area contributed by atoms with Crippen LogP contribution >= 0.6 is 11.8 Å². The first kappa shape index (κ1) is 11.6. The summed E-state index contributed by atoms with van der Waals surface area (Å²) in [7, 11) is 1.27. The Bertz CT molecular complexity index is 375. The molecule has 0 heterocycles. The van der Waals surface area contributed by atoms with Crippen LogP contribution in [0.2, 0.25) is 0 Å². The van der Waals surface area contributed by atoms with Gasteiger partial charge in [0, 0.05) is 0 Å². The summed E-state index contributed by atoms with van der Waals surface area (Å²) in [6, 6.07) is 6.42. The Hall–Kier alpha value is -1.49. The summed E-state index contributed by atoms with van der Waals surface area (Å²) in [5.74, 6) is -0.316. The van der Waals surface area contributed by atoms with Crippen LogP contribution in [-0.4, -0.2) is 24.6 Å². The number of esters is 1. The fourth-order valence-corrected chi connectivity index (χ4v) is 1.14. The lowest BCUT2D eigenvalue weighted by atomic mass is 10.2. The van der Waals surface area contributed by atoms with Crippen molar-refractivity contribution in [2.75, 3.05) is 13.4 Å². The van der Waals surface area contributed by atoms with E-state index in [-0.39, 0.29) is 11.3 Å². The maximum absolute atomic E-state index is 11.3. The molecule has 0 aliphatic rings. The van der Waals surface area contributed by atoms with Crippen molar-refractivity contribution in [2.24, 2.45) is 0 Å². The Balaban J connectivity index is 2.96. The van der Waals surface area contributed by atoms with Crippen molar-refractivity contribution in [3.05, 3.63) is 29.8 Å². The van der Waals surface area contributed by atoms with Gasteiger partial charge >= 0.3 is 11.3 Å². The maximum atomic E-state index is 11.3. The van der Waals surface area contributed by atoms with E-state index < -0.39 is 11.3 Å². The molecule has 0 spiro atoms. The van der Waals surface area contributed by atoms with Gasteiger partial charge in [-0.3, -0.25) is 0 Å². The third kappa shape index (κ3) is 2.99. The first-order valence-corrected chi connectivity index (χ1v) is 5.34. The van der Waals surface area contributed by atoms with Gasteiger partial charge in [0.25, 0.3) is 0 Å². The van der Waals surface area contributed by atoms with E-state index in [0.29, 0.717) is 0 Å². The predicted octanol–water partition coefficient (Wildman–Crippen LogP) is 2.33. The Morgan fingerprint density at radius 1 is 1.27 bits per heavy atom. The number of ether oxygens (including phenoxy) is 2. The van der Waals surface area contributed by atoms with Crippen molar-refractivity contribution in [1.82, 2.24) is 0 Å². The number of benzene rings is 1. The molecule has 0 saturated heterocycles. The molecule has 5 heteroatoms. The van der Waals surface area contributed by atoms with Crippen LogP contribution in [0.25, 0.3) is 0 Å². The third-order valence-corrected chi connectivity index (χ3v) is 2.07. The molecule has 0 aliphatic carbocycles. The van der Waals surface area contributed by atoms with Crippen LogP contribution in [0.4, 0.5) is 4.79 Å². The van der Waals surface area contributed by atoms with Gasteiger partial charge in [-0.05, 0) is 30.2 Å². The number of methoxy groups -OCH3 is 1. The number of rotatable bonds is 2. The number of thioether (sulfide) groups is 1. The normalized spacial score (nSPS) is 9.47. The number of carbonyl (C=O) groups excluding carboxylic acids is 2. The smallest absolute Gasteiger partial charge is 0.372 e. The Kier molecular flexibility index (Phi) is 4.17. The fourth-order valence-electron chi connectivity index (χ4n) is 0.966. The van der Waals surface area contributed by atoms with Crippen molar-refractivity contribution >= 4 is 23.0 Å². The highest BCUT2D eigenvalue weighted by atomic mass is 32.2. The second-order valence-electron chi connectivity index (χ2n) is 2.54. The zero-order valence-corrected chi connectivity index (χ0v) is 9.17. The molecule has 0 saturated carbocycles. The standard InChI is InChI=1S/C10H10O4S/c1-13-9(11)7-5-3-4-6-8(7)14-10(12)15-2/h3-6H,1-2H3. The average molecular weight is 226 g/mol. The van der Waals surface area contributed by atoms with Gasteiger partial charge in [-0.1, -0.05) is 12.1 Å². The van der Waals surface area contributed by atoms with Crippen molar-refractivity contribution in [3.8, 4) is 5.75 Å². The van der Waals surface area contributed by atoms with Crippen LogP contribution in [0, 0.1) is 0 Å². The Morgan fingerprint density at radius 3 is 2.53 bits per heavy atom. The summed E-state index contributed by atoms with van der Waals surface area (Å²) in [6.45, 7) is 0. The van der Waals surface area contributed by atoms with Gasteiger partial charge in [0.05, 0.1) is 7.11 Å². The Morgan fingerprint density at radius 2 is 1.93 bits per heavy atom. The molecule has 80 valence electrons. The summed E-state index contributed by atoms with van der Waals surface area (Å²) >= 11 is 0.934. The monoisotopic (exact) mass is 226 g/mol. The van der Waals surface area contributed by atoms with Crippen LogP contribution in [0.15, 0.2) is 24.3 Å². The molecule has 0 bridgehead atoms. The number of carbonyl (C=O) groups is 2. The van der Waals surface area contributed by atoms with E-state index in [9.17, 15) is 9.59 Å². The largest absolute Gasteiger partial charge is 0.465 e. The van der Waals surface area contributed by atoms with Crippen molar-refractivity contribution < 1.29 is 19.1 Å². The molecular weight excluding hydrogens is 216 g/mol. The molecule has 0 amide bonds. The van der Waals surface area contributed by atoms with E-state index in [2.05, 4.69) is 4.74 Å². The number of hydrogen-bond acceptors (Lipinski definition) is 5. The molecule has 4 nitrogen and oxygen atoms in total. The molecule has 0 N–H and O–H groups in total. The van der Waals surface area contributed by atoms with E-state index >= 15 is 0 Å². The second kappa shape index (κ2) is 5.41. The van der Waals surface area contributed by atoms with Gasteiger partial charge in [0.1, 0.15) is 11.3 Å². The van der Waals surface area contributed by atoms with E-state index in [0.717, 1.165) is 11.8 Å². The minimum Gasteiger partial charge on any atom is -0.465 e. The summed E-state index contributed by atoms with van der Waals surface area (Å²) in [4.78, 5) is 22.3. The van der Waals surface area contributed by atoms with Crippen molar-refractivity contribution in [2.45, 2.75) is 0 Å². The quantitative estimate of drug-likeness (QED) is 0.724. The van der Waals surface area contributed by atoms with E-state index in [1.54, 1.807) is 24.5 Å². The van der Waals surface area contributed by atoms with E-state index in [1.165, 1.54) is 13.2 Å². The minimum atomic E-state index is -0.528. The molecule has 0 aliphatic heterocycles. The summed E-state index contributed by atoms with van der Waals surface area (Å²) in [6.07, 6.45) is 1.60. The second-order valence-corrected chi connectivity index (χ2v) is 3.29. The topological polar surface area (TPSA) is 52.6 Å². The molecule has 0 fully saturated rings. The summed E-state index contributed by atoms with van der Waals surface area (Å²) in [5.41, 5.74) is 0.238. The summed E-state index contributed by atoms with van der Waals surface area (Å²) in [5, 5.41) is -0.466. The average Bonchev–Trinajstić information content (AvgIpc) is 2.28. The lowest BCUT2D eigenvalue weighted by molar-refractivity contribution is 0.0598. The molecule has 0 atom stereocenters. The van der Waals surface area contributed by atoms with Crippen LogP contribution in [0.1, 0.15) is 10.4 Å². The molecule has 0 aromatic heterocycles. The lowest BCUT2D eigenvalue weighted by Gasteiger charge is -2.06. The third-order valence-electron chi connectivity index (χ3n) is 1.65. The minimum absolute atomic E-state index is 0.212. The van der Waals surface area contributed by atoms with Gasteiger partial charge in [-0.15, -0.1) is 0 Å². The van der Waals surface area contributed by atoms with Gasteiger partial charge in [-0.2, -0.15) is 0 Å². The Labute approximate surface area is 91.6 Å². The fraction of sp³-hybridized carbons (Fsp3) is 0.200. The molecule has 1 aromatic carbocycles. The van der Waals surface area contributed by atoms with Gasteiger partial charge in [-0.25, -0.2) is 9.59 Å². The van der Waals surface area contributed by atoms with Crippen LogP contribution in [-0.2, 0) is 4.74 Å². The summed E-state index contributed by atoms with van der Waals surface area (Å²) < 4.78 is 9.50. The van der Waals surface area contributed by atoms with E-state index in [4.69, 9.17) is 4.74 Å². The van der Waals surface area contributed by atoms with E-state index in [1.807, 2.05) is 0 Å². The number of para-hydroxylation sites is 1. The highest BCUT2D eigenvalue weighted by molar-refractivity contribution is 8.12. The van der Waals surface area contributed by atoms with Crippen LogP contribution < -0.4 is 4.74 Å².